The van der Waals surface area contributed by atoms with Gasteiger partial charge in [-0.15, -0.1) is 0 Å². The summed E-state index contributed by atoms with van der Waals surface area (Å²) in [5, 5.41) is 12.7. The molecule has 0 bridgehead atoms. The Kier molecular flexibility index (Phi) is 5.42. The maximum absolute atomic E-state index is 9.13. The summed E-state index contributed by atoms with van der Waals surface area (Å²) < 4.78 is 2.34. The Hall–Kier alpha value is -0.800. The highest BCUT2D eigenvalue weighted by Gasteiger charge is 2.21. The number of hydrogen-bond donors (Lipinski definition) is 2. The third kappa shape index (κ3) is 3.36. The van der Waals surface area contributed by atoms with Crippen LogP contribution in [0.15, 0.2) is 6.07 Å². The van der Waals surface area contributed by atoms with Gasteiger partial charge in [0, 0.05) is 36.6 Å². The van der Waals surface area contributed by atoms with Crippen molar-refractivity contribution in [2.75, 3.05) is 6.61 Å². The molecule has 0 saturated heterocycles. The quantitative estimate of drug-likeness (QED) is 0.783. The molecule has 0 amide bonds. The second-order valence-corrected chi connectivity index (χ2v) is 5.38. The molecule has 3 heteroatoms. The molecular weight excluding hydrogens is 224 g/mol. The van der Waals surface area contributed by atoms with Crippen LogP contribution in [-0.2, 0) is 13.1 Å². The fourth-order valence-electron chi connectivity index (χ4n) is 2.48. The lowest BCUT2D eigenvalue weighted by atomic mass is 9.94. The highest BCUT2D eigenvalue weighted by molar-refractivity contribution is 5.26. The molecule has 1 unspecified atom stereocenters. The van der Waals surface area contributed by atoms with E-state index in [2.05, 4.69) is 50.6 Å². The summed E-state index contributed by atoms with van der Waals surface area (Å²) in [6, 6.07) is 2.26. The Balaban J connectivity index is 2.74. The summed E-state index contributed by atoms with van der Waals surface area (Å²) in [5.74, 6) is 0. The number of aliphatic hydroxyl groups excluding tert-OH is 1. The normalized spacial score (nSPS) is 14.8. The monoisotopic (exact) mass is 252 g/mol. The Labute approximate surface area is 111 Å². The van der Waals surface area contributed by atoms with Crippen LogP contribution in [0.25, 0.3) is 0 Å². The molecule has 0 spiro atoms. The Morgan fingerprint density at radius 3 is 2.44 bits per heavy atom. The average Bonchev–Trinajstić information content (AvgIpc) is 2.62. The van der Waals surface area contributed by atoms with Crippen molar-refractivity contribution in [2.24, 2.45) is 0 Å². The Bertz CT molecular complexity index is 384. The molecule has 0 fully saturated rings. The van der Waals surface area contributed by atoms with Gasteiger partial charge in [-0.2, -0.15) is 0 Å². The van der Waals surface area contributed by atoms with E-state index in [1.54, 1.807) is 0 Å². The number of aromatic nitrogens is 1. The zero-order valence-corrected chi connectivity index (χ0v) is 12.5. The highest BCUT2D eigenvalue weighted by atomic mass is 16.3. The van der Waals surface area contributed by atoms with E-state index in [1.165, 1.54) is 17.0 Å². The Morgan fingerprint density at radius 1 is 1.33 bits per heavy atom. The first-order chi connectivity index (χ1) is 8.47. The summed E-state index contributed by atoms with van der Waals surface area (Å²) in [6.45, 7) is 13.0. The predicted octanol–water partition coefficient (Wildman–Crippen LogP) is 2.77. The molecule has 18 heavy (non-hydrogen) atoms. The Morgan fingerprint density at radius 2 is 2.00 bits per heavy atom. The lowest BCUT2D eigenvalue weighted by Gasteiger charge is -2.29. The minimum Gasteiger partial charge on any atom is -0.396 e. The van der Waals surface area contributed by atoms with Gasteiger partial charge in [-0.05, 0) is 52.2 Å². The maximum Gasteiger partial charge on any atom is 0.0448 e. The predicted molar refractivity (Wildman–Crippen MR) is 76.8 cm³/mol. The van der Waals surface area contributed by atoms with Crippen LogP contribution in [0.2, 0.25) is 0 Å². The van der Waals surface area contributed by atoms with E-state index < -0.39 is 0 Å². The van der Waals surface area contributed by atoms with E-state index in [1.807, 2.05) is 0 Å². The number of nitrogens with one attached hydrogen (secondary N) is 1. The van der Waals surface area contributed by atoms with E-state index >= 15 is 0 Å². The lowest BCUT2D eigenvalue weighted by molar-refractivity contribution is 0.214. The van der Waals surface area contributed by atoms with Crippen LogP contribution < -0.4 is 5.32 Å². The third-order valence-corrected chi connectivity index (χ3v) is 4.14. The van der Waals surface area contributed by atoms with Crippen LogP contribution in [-0.4, -0.2) is 21.8 Å². The molecule has 1 rings (SSSR count). The van der Waals surface area contributed by atoms with Crippen molar-refractivity contribution >= 4 is 0 Å². The van der Waals surface area contributed by atoms with Crippen LogP contribution in [0.1, 0.15) is 50.6 Å². The fraction of sp³-hybridized carbons (Fsp3) is 0.733. The fourth-order valence-corrected chi connectivity index (χ4v) is 2.48. The van der Waals surface area contributed by atoms with Crippen LogP contribution >= 0.6 is 0 Å². The second kappa shape index (κ2) is 6.39. The van der Waals surface area contributed by atoms with E-state index in [0.717, 1.165) is 25.9 Å². The van der Waals surface area contributed by atoms with Crippen molar-refractivity contribution < 1.29 is 5.11 Å². The van der Waals surface area contributed by atoms with Crippen LogP contribution in [0.5, 0.6) is 0 Å². The average molecular weight is 252 g/mol. The molecule has 0 aliphatic carbocycles. The second-order valence-electron chi connectivity index (χ2n) is 5.38. The van der Waals surface area contributed by atoms with Gasteiger partial charge in [0.2, 0.25) is 0 Å². The van der Waals surface area contributed by atoms with E-state index in [4.69, 9.17) is 5.11 Å². The number of nitrogens with zero attached hydrogens (tertiary/aromatic N) is 1. The standard InChI is InChI=1S/C15H28N2O/c1-6-15(5,8-9-18)16-11-14-10-12(3)17(7-2)13(14)4/h10,16,18H,6-9,11H2,1-5H3. The maximum atomic E-state index is 9.13. The molecule has 104 valence electrons. The van der Waals surface area contributed by atoms with Gasteiger partial charge in [-0.3, -0.25) is 0 Å². The first-order valence-electron chi connectivity index (χ1n) is 6.99. The topological polar surface area (TPSA) is 37.2 Å². The summed E-state index contributed by atoms with van der Waals surface area (Å²) >= 11 is 0. The van der Waals surface area contributed by atoms with Gasteiger partial charge in [-0.25, -0.2) is 0 Å². The number of rotatable bonds is 7. The summed E-state index contributed by atoms with van der Waals surface area (Å²) in [7, 11) is 0. The molecule has 0 aliphatic rings. The van der Waals surface area contributed by atoms with Gasteiger partial charge in [0.25, 0.3) is 0 Å². The molecule has 1 atom stereocenters. The molecule has 0 aliphatic heterocycles. The molecule has 0 aromatic carbocycles. The molecule has 3 nitrogen and oxygen atoms in total. The van der Waals surface area contributed by atoms with Gasteiger partial charge in [-0.1, -0.05) is 6.92 Å². The van der Waals surface area contributed by atoms with Gasteiger partial charge >= 0.3 is 0 Å². The van der Waals surface area contributed by atoms with Crippen molar-refractivity contribution in [3.63, 3.8) is 0 Å². The van der Waals surface area contributed by atoms with Crippen molar-refractivity contribution in [2.45, 2.75) is 66.1 Å². The highest BCUT2D eigenvalue weighted by Crippen LogP contribution is 2.18. The zero-order valence-electron chi connectivity index (χ0n) is 12.5. The number of hydrogen-bond acceptors (Lipinski definition) is 2. The molecule has 2 N–H and O–H groups in total. The molecule has 0 saturated carbocycles. The minimum absolute atomic E-state index is 0.0312. The lowest BCUT2D eigenvalue weighted by Crippen LogP contribution is -2.42. The molecule has 1 aromatic heterocycles. The molecule has 1 heterocycles. The van der Waals surface area contributed by atoms with Crippen LogP contribution in [0.4, 0.5) is 0 Å². The van der Waals surface area contributed by atoms with E-state index in [9.17, 15) is 0 Å². The zero-order chi connectivity index (χ0) is 13.8. The van der Waals surface area contributed by atoms with E-state index in [-0.39, 0.29) is 12.1 Å². The van der Waals surface area contributed by atoms with Crippen LogP contribution in [0, 0.1) is 13.8 Å². The third-order valence-electron chi connectivity index (χ3n) is 4.14. The summed E-state index contributed by atoms with van der Waals surface area (Å²) in [5.41, 5.74) is 4.08. The number of aliphatic hydroxyl groups is 1. The molecular formula is C15H28N2O. The van der Waals surface area contributed by atoms with Gasteiger partial charge in [0.15, 0.2) is 0 Å². The SMILES string of the molecule is CCn1c(C)cc(CNC(C)(CC)CCO)c1C. The smallest absolute Gasteiger partial charge is 0.0448 e. The molecule has 0 radical (unpaired) electrons. The summed E-state index contributed by atoms with van der Waals surface area (Å²) in [4.78, 5) is 0. The largest absolute Gasteiger partial charge is 0.396 e. The van der Waals surface area contributed by atoms with Crippen molar-refractivity contribution in [3.05, 3.63) is 23.0 Å². The molecule has 1 aromatic rings. The van der Waals surface area contributed by atoms with Crippen molar-refractivity contribution in [1.82, 2.24) is 9.88 Å². The summed E-state index contributed by atoms with van der Waals surface area (Å²) in [6.07, 6.45) is 1.83. The van der Waals surface area contributed by atoms with Crippen LogP contribution in [0.3, 0.4) is 0 Å². The first-order valence-corrected chi connectivity index (χ1v) is 6.99. The van der Waals surface area contributed by atoms with Gasteiger partial charge in [0.05, 0.1) is 0 Å². The van der Waals surface area contributed by atoms with Gasteiger partial charge in [0.1, 0.15) is 0 Å². The van der Waals surface area contributed by atoms with Crippen molar-refractivity contribution in [3.8, 4) is 0 Å². The first kappa shape index (κ1) is 15.3. The van der Waals surface area contributed by atoms with Crippen molar-refractivity contribution in [1.29, 1.82) is 0 Å². The number of aryl methyl sites for hydroxylation is 1. The van der Waals surface area contributed by atoms with E-state index in [0.29, 0.717) is 0 Å². The minimum atomic E-state index is 0.0312. The van der Waals surface area contributed by atoms with Gasteiger partial charge < -0.3 is 15.0 Å².